The number of carbonyl (C=O) groups is 1. The third-order valence-electron chi connectivity index (χ3n) is 4.52. The topological polar surface area (TPSA) is 70.6 Å². The Kier molecular flexibility index (Phi) is 6.43. The largest absolute Gasteiger partial charge is 0.390 e. The molecule has 0 unspecified atom stereocenters. The van der Waals surface area contributed by atoms with Crippen molar-refractivity contribution in [1.82, 2.24) is 5.48 Å². The first-order valence-electron chi connectivity index (χ1n) is 8.55. The zero-order valence-corrected chi connectivity index (χ0v) is 17.8. The third kappa shape index (κ3) is 4.91. The number of rotatable bonds is 7. The van der Waals surface area contributed by atoms with Crippen molar-refractivity contribution in [3.05, 3.63) is 55.6 Å². The molecule has 5 nitrogen and oxygen atoms in total. The van der Waals surface area contributed by atoms with Gasteiger partial charge in [0.05, 0.1) is 28.5 Å². The zero-order valence-electron chi connectivity index (χ0n) is 14.9. The molecule has 1 aliphatic carbocycles. The van der Waals surface area contributed by atoms with Crippen LogP contribution >= 0.6 is 34.2 Å². The van der Waals surface area contributed by atoms with E-state index in [9.17, 15) is 18.7 Å². The van der Waals surface area contributed by atoms with Gasteiger partial charge in [0.1, 0.15) is 0 Å². The van der Waals surface area contributed by atoms with Crippen LogP contribution in [-0.2, 0) is 4.84 Å². The lowest BCUT2D eigenvalue weighted by molar-refractivity contribution is 0.0120. The smallest absolute Gasteiger partial charge is 0.277 e. The van der Waals surface area contributed by atoms with Gasteiger partial charge in [-0.3, -0.25) is 9.63 Å². The Labute approximate surface area is 179 Å². The lowest BCUT2D eigenvalue weighted by atomic mass is 10.1. The van der Waals surface area contributed by atoms with Crippen molar-refractivity contribution in [2.75, 3.05) is 11.9 Å². The molecule has 28 heavy (non-hydrogen) atoms. The summed E-state index contributed by atoms with van der Waals surface area (Å²) < 4.78 is 29.5. The molecular weight excluding hydrogens is 505 g/mol. The minimum Gasteiger partial charge on any atom is -0.390 e. The quantitative estimate of drug-likeness (QED) is 0.210. The molecular formula is C19H18ClF2IN2O3. The Bertz CT molecular complexity index is 923. The molecule has 150 valence electrons. The third-order valence-corrected chi connectivity index (χ3v) is 5.46. The maximum Gasteiger partial charge on any atom is 0.277 e. The summed E-state index contributed by atoms with van der Waals surface area (Å²) in [5, 5.41) is 12.0. The van der Waals surface area contributed by atoms with Gasteiger partial charge in [-0.05, 0) is 72.2 Å². The number of halogens is 4. The van der Waals surface area contributed by atoms with E-state index in [2.05, 4.69) is 33.4 Å². The van der Waals surface area contributed by atoms with Crippen molar-refractivity contribution < 1.29 is 23.5 Å². The molecule has 0 saturated heterocycles. The van der Waals surface area contributed by atoms with Gasteiger partial charge in [-0.1, -0.05) is 11.6 Å². The highest BCUT2D eigenvalue weighted by molar-refractivity contribution is 14.1. The molecule has 0 aromatic heterocycles. The average Bonchev–Trinajstić information content (AvgIpc) is 3.38. The van der Waals surface area contributed by atoms with Crippen molar-refractivity contribution >= 4 is 51.5 Å². The Morgan fingerprint density at radius 2 is 2.04 bits per heavy atom. The van der Waals surface area contributed by atoms with Gasteiger partial charge in [-0.2, -0.15) is 0 Å². The highest BCUT2D eigenvalue weighted by Crippen LogP contribution is 2.38. The van der Waals surface area contributed by atoms with Crippen molar-refractivity contribution in [1.29, 1.82) is 0 Å². The second-order valence-corrected chi connectivity index (χ2v) is 8.40. The Morgan fingerprint density at radius 1 is 1.32 bits per heavy atom. The summed E-state index contributed by atoms with van der Waals surface area (Å²) in [6.45, 7) is 1.90. The van der Waals surface area contributed by atoms with E-state index in [0.29, 0.717) is 24.9 Å². The molecule has 1 saturated carbocycles. The summed E-state index contributed by atoms with van der Waals surface area (Å²) >= 11 is 7.86. The van der Waals surface area contributed by atoms with Gasteiger partial charge in [0.25, 0.3) is 5.91 Å². The van der Waals surface area contributed by atoms with E-state index >= 15 is 0 Å². The molecule has 0 bridgehead atoms. The number of benzene rings is 2. The first-order chi connectivity index (χ1) is 13.2. The Hall–Kier alpha value is -1.49. The number of hydroxylamine groups is 1. The Morgan fingerprint density at radius 3 is 2.68 bits per heavy atom. The van der Waals surface area contributed by atoms with Crippen LogP contribution in [0.15, 0.2) is 24.3 Å². The maximum atomic E-state index is 14.6. The molecule has 0 atom stereocenters. The lowest BCUT2D eigenvalue weighted by Gasteiger charge is -2.16. The monoisotopic (exact) mass is 522 g/mol. The van der Waals surface area contributed by atoms with Gasteiger partial charge >= 0.3 is 0 Å². The van der Waals surface area contributed by atoms with E-state index in [1.54, 1.807) is 19.1 Å². The van der Waals surface area contributed by atoms with Crippen LogP contribution in [0, 0.1) is 22.1 Å². The van der Waals surface area contributed by atoms with Crippen LogP contribution in [0.3, 0.4) is 0 Å². The van der Waals surface area contributed by atoms with Gasteiger partial charge in [0.2, 0.25) is 0 Å². The SMILES string of the molecule is Cc1cc(I)ccc1Nc1c(C(=O)NOCCC2(O)CC2)cc(Cl)c(F)c1F. The number of hydrogen-bond donors (Lipinski definition) is 3. The predicted molar refractivity (Wildman–Crippen MR) is 111 cm³/mol. The molecule has 2 aromatic carbocycles. The number of aryl methyl sites for hydroxylation is 1. The first-order valence-corrected chi connectivity index (χ1v) is 10.0. The maximum absolute atomic E-state index is 14.6. The summed E-state index contributed by atoms with van der Waals surface area (Å²) in [4.78, 5) is 17.5. The molecule has 0 heterocycles. The fraction of sp³-hybridized carbons (Fsp3) is 0.316. The van der Waals surface area contributed by atoms with Crippen molar-refractivity contribution in [3.63, 3.8) is 0 Å². The van der Waals surface area contributed by atoms with E-state index in [4.69, 9.17) is 16.4 Å². The molecule has 3 rings (SSSR count). The van der Waals surface area contributed by atoms with Gasteiger partial charge in [0.15, 0.2) is 11.6 Å². The summed E-state index contributed by atoms with van der Waals surface area (Å²) in [5.74, 6) is -3.29. The second-order valence-electron chi connectivity index (χ2n) is 6.75. The van der Waals surface area contributed by atoms with Gasteiger partial charge in [-0.25, -0.2) is 14.3 Å². The normalized spacial score (nSPS) is 14.6. The number of aliphatic hydroxyl groups is 1. The van der Waals surface area contributed by atoms with Crippen LogP contribution in [0.5, 0.6) is 0 Å². The second kappa shape index (κ2) is 8.48. The van der Waals surface area contributed by atoms with Gasteiger partial charge in [0, 0.05) is 15.7 Å². The van der Waals surface area contributed by atoms with Crippen molar-refractivity contribution in [2.45, 2.75) is 31.8 Å². The van der Waals surface area contributed by atoms with Crippen LogP contribution in [0.25, 0.3) is 0 Å². The Balaban J connectivity index is 1.81. The summed E-state index contributed by atoms with van der Waals surface area (Å²) in [6.07, 6.45) is 1.78. The highest BCUT2D eigenvalue weighted by atomic mass is 127. The van der Waals surface area contributed by atoms with E-state index in [1.165, 1.54) is 0 Å². The number of anilines is 2. The van der Waals surface area contributed by atoms with Crippen LogP contribution in [-0.4, -0.2) is 23.2 Å². The number of amides is 1. The standard InChI is InChI=1S/C19H18ClF2IN2O3/c1-10-8-11(23)2-3-14(10)24-17-12(9-13(20)15(21)16(17)22)18(26)25-28-7-6-19(27)4-5-19/h2-3,8-9,24,27H,4-7H2,1H3,(H,25,26). The van der Waals surface area contributed by atoms with Gasteiger partial charge < -0.3 is 10.4 Å². The van der Waals surface area contributed by atoms with Crippen LogP contribution < -0.4 is 10.8 Å². The van der Waals surface area contributed by atoms with E-state index < -0.39 is 28.2 Å². The minimum absolute atomic E-state index is 0.0959. The van der Waals surface area contributed by atoms with Crippen LogP contribution in [0.4, 0.5) is 20.2 Å². The summed E-state index contributed by atoms with van der Waals surface area (Å²) in [7, 11) is 0. The molecule has 9 heteroatoms. The van der Waals surface area contributed by atoms with E-state index in [-0.39, 0.29) is 17.9 Å². The first kappa shape index (κ1) is 21.2. The summed E-state index contributed by atoms with van der Waals surface area (Å²) in [6, 6.07) is 6.40. The average molecular weight is 523 g/mol. The molecule has 1 aliphatic rings. The predicted octanol–water partition coefficient (Wildman–Crippen LogP) is 4.85. The van der Waals surface area contributed by atoms with E-state index in [1.807, 2.05) is 6.07 Å². The molecule has 0 aliphatic heterocycles. The fourth-order valence-electron chi connectivity index (χ4n) is 2.61. The molecule has 2 aromatic rings. The molecule has 0 radical (unpaired) electrons. The van der Waals surface area contributed by atoms with Crippen LogP contribution in [0.1, 0.15) is 35.2 Å². The molecule has 1 amide bonds. The minimum atomic E-state index is -1.26. The summed E-state index contributed by atoms with van der Waals surface area (Å²) in [5.41, 5.74) is 2.24. The number of carbonyl (C=O) groups excluding carboxylic acids is 1. The number of hydrogen-bond acceptors (Lipinski definition) is 4. The molecule has 3 N–H and O–H groups in total. The van der Waals surface area contributed by atoms with E-state index in [0.717, 1.165) is 15.2 Å². The number of nitrogens with one attached hydrogen (secondary N) is 2. The van der Waals surface area contributed by atoms with Crippen molar-refractivity contribution in [2.24, 2.45) is 0 Å². The molecule has 1 fully saturated rings. The lowest BCUT2D eigenvalue weighted by Crippen LogP contribution is -2.27. The van der Waals surface area contributed by atoms with Crippen molar-refractivity contribution in [3.8, 4) is 0 Å². The molecule has 0 spiro atoms. The van der Waals surface area contributed by atoms with Gasteiger partial charge in [-0.15, -0.1) is 0 Å². The fourth-order valence-corrected chi connectivity index (χ4v) is 3.44. The highest BCUT2D eigenvalue weighted by Gasteiger charge is 2.39. The van der Waals surface area contributed by atoms with Crippen LogP contribution in [0.2, 0.25) is 5.02 Å². The zero-order chi connectivity index (χ0) is 20.5.